The molecular weight excluding hydrogens is 302 g/mol. The molecule has 1 aliphatic heterocycles. The van der Waals surface area contributed by atoms with E-state index in [1.54, 1.807) is 24.3 Å². The van der Waals surface area contributed by atoms with Crippen molar-refractivity contribution in [3.8, 4) is 11.8 Å². The zero-order valence-electron chi connectivity index (χ0n) is 9.77. The fourth-order valence-corrected chi connectivity index (χ4v) is 2.87. The number of ether oxygens (including phenoxy) is 1. The van der Waals surface area contributed by atoms with E-state index >= 15 is 0 Å². The summed E-state index contributed by atoms with van der Waals surface area (Å²) in [5, 5.41) is 6.06. The Labute approximate surface area is 124 Å². The standard InChI is InChI=1S/C9H6ClN3O.C3H4S2/c10-7-2-1-3-8(4-7)14-9-12-5-11-6-13-9;1-2-5-3-4-1/h1-6H;1-2H,3H2. The lowest BCUT2D eigenvalue weighted by molar-refractivity contribution is 0.439. The van der Waals surface area contributed by atoms with Gasteiger partial charge < -0.3 is 4.74 Å². The molecule has 0 atom stereocenters. The molecule has 1 aromatic heterocycles. The monoisotopic (exact) mass is 311 g/mol. The summed E-state index contributed by atoms with van der Waals surface area (Å²) in [6.07, 6.45) is 2.74. The number of halogens is 1. The largest absolute Gasteiger partial charge is 0.424 e. The van der Waals surface area contributed by atoms with Crippen LogP contribution in [-0.4, -0.2) is 20.0 Å². The van der Waals surface area contributed by atoms with Crippen molar-refractivity contribution in [1.82, 2.24) is 15.0 Å². The Kier molecular flexibility index (Phi) is 6.00. The molecule has 1 aliphatic rings. The SMILES string of the molecule is C1=CSCS1.Clc1cccc(Oc2ncncn2)c1. The molecule has 1 aromatic carbocycles. The summed E-state index contributed by atoms with van der Waals surface area (Å²) in [5.74, 6) is 0.601. The Balaban J connectivity index is 0.000000224. The quantitative estimate of drug-likeness (QED) is 0.828. The third-order valence-electron chi connectivity index (χ3n) is 1.86. The summed E-state index contributed by atoms with van der Waals surface area (Å²) in [6, 6.07) is 7.27. The van der Waals surface area contributed by atoms with Crippen LogP contribution in [0.2, 0.25) is 5.02 Å². The highest BCUT2D eigenvalue weighted by atomic mass is 35.5. The van der Waals surface area contributed by atoms with Crippen molar-refractivity contribution in [3.63, 3.8) is 0 Å². The molecule has 0 amide bonds. The molecule has 0 bridgehead atoms. The Morgan fingerprint density at radius 3 is 2.42 bits per heavy atom. The Morgan fingerprint density at radius 1 is 1.11 bits per heavy atom. The van der Waals surface area contributed by atoms with Crippen molar-refractivity contribution in [2.45, 2.75) is 0 Å². The predicted octanol–water partition coefficient (Wildman–Crippen LogP) is 4.21. The van der Waals surface area contributed by atoms with Crippen LogP contribution >= 0.6 is 35.1 Å². The summed E-state index contributed by atoms with van der Waals surface area (Å²) >= 11 is 9.49. The molecule has 0 radical (unpaired) electrons. The minimum Gasteiger partial charge on any atom is -0.424 e. The zero-order valence-corrected chi connectivity index (χ0v) is 12.2. The van der Waals surface area contributed by atoms with Crippen molar-refractivity contribution < 1.29 is 4.74 Å². The first-order valence-electron chi connectivity index (χ1n) is 5.28. The predicted molar refractivity (Wildman–Crippen MR) is 80.5 cm³/mol. The van der Waals surface area contributed by atoms with E-state index in [9.17, 15) is 0 Å². The molecule has 0 fully saturated rings. The van der Waals surface area contributed by atoms with Crippen LogP contribution in [-0.2, 0) is 0 Å². The average molecular weight is 312 g/mol. The van der Waals surface area contributed by atoms with Crippen LogP contribution in [0.1, 0.15) is 0 Å². The van der Waals surface area contributed by atoms with Gasteiger partial charge in [0.25, 0.3) is 0 Å². The van der Waals surface area contributed by atoms with Gasteiger partial charge in [0.2, 0.25) is 0 Å². The Hall–Kier alpha value is -1.24. The van der Waals surface area contributed by atoms with E-state index in [0.29, 0.717) is 10.8 Å². The normalized spacial score (nSPS) is 12.7. The molecule has 19 heavy (non-hydrogen) atoms. The van der Waals surface area contributed by atoms with Crippen LogP contribution in [0.5, 0.6) is 11.8 Å². The van der Waals surface area contributed by atoms with E-state index in [4.69, 9.17) is 16.3 Å². The summed E-state index contributed by atoms with van der Waals surface area (Å²) in [5.41, 5.74) is 0. The number of nitrogens with zero attached hydrogens (tertiary/aromatic N) is 3. The first-order chi connectivity index (χ1) is 9.34. The maximum Gasteiger partial charge on any atom is 0.324 e. The van der Waals surface area contributed by atoms with Gasteiger partial charge in [-0.2, -0.15) is 9.97 Å². The molecule has 7 heteroatoms. The van der Waals surface area contributed by atoms with Gasteiger partial charge >= 0.3 is 6.01 Å². The van der Waals surface area contributed by atoms with Crippen molar-refractivity contribution in [2.75, 3.05) is 5.08 Å². The second-order valence-corrected chi connectivity index (χ2v) is 5.79. The lowest BCUT2D eigenvalue weighted by Crippen LogP contribution is -1.91. The molecule has 0 saturated carbocycles. The van der Waals surface area contributed by atoms with Gasteiger partial charge in [0, 0.05) is 10.1 Å². The van der Waals surface area contributed by atoms with E-state index in [0.717, 1.165) is 0 Å². The van der Waals surface area contributed by atoms with Gasteiger partial charge in [0.15, 0.2) is 0 Å². The first kappa shape index (κ1) is 14.2. The van der Waals surface area contributed by atoms with E-state index in [-0.39, 0.29) is 6.01 Å². The second-order valence-electron chi connectivity index (χ2n) is 3.20. The van der Waals surface area contributed by atoms with Crippen molar-refractivity contribution in [2.24, 2.45) is 0 Å². The van der Waals surface area contributed by atoms with Gasteiger partial charge in [-0.25, -0.2) is 4.98 Å². The van der Waals surface area contributed by atoms with Crippen molar-refractivity contribution in [3.05, 3.63) is 52.8 Å². The van der Waals surface area contributed by atoms with E-state index < -0.39 is 0 Å². The number of aromatic nitrogens is 3. The summed E-state index contributed by atoms with van der Waals surface area (Å²) in [6.45, 7) is 0. The van der Waals surface area contributed by atoms with Crippen LogP contribution in [0.4, 0.5) is 0 Å². The molecule has 0 aliphatic carbocycles. The molecule has 3 rings (SSSR count). The maximum atomic E-state index is 5.78. The van der Waals surface area contributed by atoms with Crippen molar-refractivity contribution >= 4 is 35.1 Å². The molecule has 0 spiro atoms. The zero-order chi connectivity index (χ0) is 13.3. The maximum absolute atomic E-state index is 5.78. The number of benzene rings is 1. The minimum atomic E-state index is 0.252. The van der Waals surface area contributed by atoms with Crippen molar-refractivity contribution in [1.29, 1.82) is 0 Å². The highest BCUT2D eigenvalue weighted by Gasteiger charge is 1.98. The van der Waals surface area contributed by atoms with E-state index in [1.165, 1.54) is 17.7 Å². The molecule has 0 unspecified atom stereocenters. The van der Waals surface area contributed by atoms with Gasteiger partial charge in [-0.05, 0) is 29.0 Å². The van der Waals surface area contributed by atoms with Crippen LogP contribution in [0.3, 0.4) is 0 Å². The Morgan fingerprint density at radius 2 is 1.84 bits per heavy atom. The van der Waals surface area contributed by atoms with Gasteiger partial charge in [0.1, 0.15) is 18.4 Å². The summed E-state index contributed by atoms with van der Waals surface area (Å²) in [7, 11) is 0. The van der Waals surface area contributed by atoms with E-state index in [1.807, 2.05) is 23.5 Å². The van der Waals surface area contributed by atoms with Gasteiger partial charge in [-0.1, -0.05) is 17.7 Å². The van der Waals surface area contributed by atoms with E-state index in [2.05, 4.69) is 25.8 Å². The molecular formula is C12H10ClN3OS2. The Bertz CT molecular complexity index is 534. The third kappa shape index (κ3) is 5.50. The average Bonchev–Trinajstić information content (AvgIpc) is 2.99. The lowest BCUT2D eigenvalue weighted by Gasteiger charge is -2.01. The van der Waals surface area contributed by atoms with Crippen LogP contribution in [0.25, 0.3) is 0 Å². The summed E-state index contributed by atoms with van der Waals surface area (Å²) < 4.78 is 5.31. The smallest absolute Gasteiger partial charge is 0.324 e. The highest BCUT2D eigenvalue weighted by Crippen LogP contribution is 2.22. The summed E-state index contributed by atoms with van der Waals surface area (Å²) in [4.78, 5) is 11.3. The fraction of sp³-hybridized carbons (Fsp3) is 0.0833. The molecule has 0 saturated heterocycles. The molecule has 98 valence electrons. The number of hydrogen-bond acceptors (Lipinski definition) is 6. The molecule has 2 heterocycles. The van der Waals surface area contributed by atoms with Crippen LogP contribution in [0.15, 0.2) is 47.7 Å². The lowest BCUT2D eigenvalue weighted by atomic mass is 10.3. The van der Waals surface area contributed by atoms with Gasteiger partial charge in [-0.3, -0.25) is 0 Å². The molecule has 4 nitrogen and oxygen atoms in total. The first-order valence-corrected chi connectivity index (χ1v) is 7.76. The topological polar surface area (TPSA) is 47.9 Å². The highest BCUT2D eigenvalue weighted by molar-refractivity contribution is 8.21. The third-order valence-corrected chi connectivity index (χ3v) is 4.01. The number of thioether (sulfide) groups is 2. The number of hydrogen-bond donors (Lipinski definition) is 0. The minimum absolute atomic E-state index is 0.252. The number of rotatable bonds is 2. The second kappa shape index (κ2) is 8.04. The van der Waals surface area contributed by atoms with Crippen LogP contribution < -0.4 is 4.74 Å². The molecule has 2 aromatic rings. The molecule has 0 N–H and O–H groups in total. The van der Waals surface area contributed by atoms with Gasteiger partial charge in [-0.15, -0.1) is 23.5 Å². The van der Waals surface area contributed by atoms with Crippen LogP contribution in [0, 0.1) is 0 Å². The fourth-order valence-electron chi connectivity index (χ4n) is 1.11. The van der Waals surface area contributed by atoms with Gasteiger partial charge in [0.05, 0.1) is 0 Å².